The molecule has 3 aliphatic carbocycles. The SMILES string of the molecule is CC1CCC(C)CC1.CC1CCC(C)CC1.CC1CCC(C)CC1.CC1COC(C)OC1.Cc1cc(F)c(C)c(F)c1.Cc1ccc(C)c(F)c1.Cc1ccc(C)c(F)c1.Cc1ccc(C)cc1.Cc1ccc(C)cc1. The van der Waals surface area contributed by atoms with Gasteiger partial charge in [0.15, 0.2) is 6.29 Å². The van der Waals surface area contributed by atoms with E-state index in [0.717, 1.165) is 59.8 Å². The first kappa shape index (κ1) is 69.8. The summed E-state index contributed by atoms with van der Waals surface area (Å²) in [4.78, 5) is 0. The fourth-order valence-corrected chi connectivity index (χ4v) is 8.42. The summed E-state index contributed by atoms with van der Waals surface area (Å²) in [5, 5.41) is 0. The summed E-state index contributed by atoms with van der Waals surface area (Å²) in [7, 11) is 0. The van der Waals surface area contributed by atoms with E-state index < -0.39 is 11.6 Å². The second-order valence-corrected chi connectivity index (χ2v) is 23.6. The fraction of sp³-hybridized carbons (Fsp3) is 0.571. The zero-order valence-corrected chi connectivity index (χ0v) is 51.1. The summed E-state index contributed by atoms with van der Waals surface area (Å²) in [6.07, 6.45) is 17.7. The van der Waals surface area contributed by atoms with Crippen LogP contribution in [0.15, 0.2) is 97.1 Å². The van der Waals surface area contributed by atoms with Crippen molar-refractivity contribution >= 4 is 0 Å². The average Bonchev–Trinajstić information content (AvgIpc) is 3.38. The molecule has 4 fully saturated rings. The van der Waals surface area contributed by atoms with Gasteiger partial charge in [-0.05, 0) is 164 Å². The van der Waals surface area contributed by atoms with E-state index in [0.29, 0.717) is 22.6 Å². The molecule has 2 nitrogen and oxygen atoms in total. The van der Waals surface area contributed by atoms with Crippen LogP contribution in [0.4, 0.5) is 17.6 Å². The Morgan fingerprint density at radius 3 is 0.684 bits per heavy atom. The topological polar surface area (TPSA) is 18.5 Å². The lowest BCUT2D eigenvalue weighted by Crippen LogP contribution is -2.27. The van der Waals surface area contributed by atoms with Crippen LogP contribution in [0.25, 0.3) is 0 Å². The maximum Gasteiger partial charge on any atom is 0.154 e. The Morgan fingerprint density at radius 2 is 0.487 bits per heavy atom. The van der Waals surface area contributed by atoms with Gasteiger partial charge in [0.2, 0.25) is 0 Å². The molecule has 1 aliphatic heterocycles. The number of hydrogen-bond donors (Lipinski definition) is 0. The molecule has 4 aliphatic rings. The van der Waals surface area contributed by atoms with Crippen molar-refractivity contribution in [2.24, 2.45) is 41.4 Å². The van der Waals surface area contributed by atoms with Crippen molar-refractivity contribution in [3.63, 3.8) is 0 Å². The van der Waals surface area contributed by atoms with E-state index >= 15 is 0 Å². The number of hydrogen-bond acceptors (Lipinski definition) is 2. The van der Waals surface area contributed by atoms with Gasteiger partial charge in [0.25, 0.3) is 0 Å². The van der Waals surface area contributed by atoms with Crippen LogP contribution in [0, 0.1) is 134 Å². The third-order valence-electron chi connectivity index (χ3n) is 14.7. The minimum Gasteiger partial charge on any atom is -0.353 e. The molecule has 1 heterocycles. The predicted molar refractivity (Wildman–Crippen MR) is 320 cm³/mol. The van der Waals surface area contributed by atoms with Crippen LogP contribution in [0.5, 0.6) is 0 Å². The second-order valence-electron chi connectivity index (χ2n) is 23.6. The predicted octanol–water partition coefficient (Wildman–Crippen LogP) is 21.6. The standard InChI is InChI=1S/C8H8F2.2C8H9F.3C8H16.2C8H10.C6H12O2/c1-5-3-7(9)6(2)8(10)4-5;2*1-6-3-4-7(2)8(9)5-6;5*1-7-3-5-8(2)6-4-7;1-5-3-7-6(2)8-4-5/h3-4H,1-2H3;2*3-5H,1-2H3;3*7-8H,3-6H2,1-2H3;2*3-6H,1-2H3;5-6H,3-4H2,1-2H3. The van der Waals surface area contributed by atoms with Gasteiger partial charge in [-0.15, -0.1) is 0 Å². The van der Waals surface area contributed by atoms with Crippen molar-refractivity contribution in [1.29, 1.82) is 0 Å². The zero-order valence-electron chi connectivity index (χ0n) is 51.1. The third-order valence-corrected chi connectivity index (χ3v) is 14.7. The normalized spacial score (nSPS) is 22.3. The van der Waals surface area contributed by atoms with Gasteiger partial charge < -0.3 is 9.47 Å². The second kappa shape index (κ2) is 39.2. The van der Waals surface area contributed by atoms with Gasteiger partial charge in [0.05, 0.1) is 13.2 Å². The van der Waals surface area contributed by atoms with Crippen molar-refractivity contribution in [3.05, 3.63) is 176 Å². The van der Waals surface area contributed by atoms with Crippen LogP contribution >= 0.6 is 0 Å². The minimum atomic E-state index is -0.475. The lowest BCUT2D eigenvalue weighted by atomic mass is 9.84. The molecule has 76 heavy (non-hydrogen) atoms. The van der Waals surface area contributed by atoms with Crippen molar-refractivity contribution in [2.45, 2.75) is 208 Å². The van der Waals surface area contributed by atoms with Crippen LogP contribution in [0.2, 0.25) is 0 Å². The zero-order chi connectivity index (χ0) is 57.3. The van der Waals surface area contributed by atoms with Crippen molar-refractivity contribution in [1.82, 2.24) is 0 Å². The molecule has 0 N–H and O–H groups in total. The molecule has 1 saturated heterocycles. The Kier molecular flexibility index (Phi) is 35.9. The molecule has 0 aromatic heterocycles. The first-order valence-electron chi connectivity index (χ1n) is 28.9. The van der Waals surface area contributed by atoms with Crippen molar-refractivity contribution in [3.8, 4) is 0 Å². The summed E-state index contributed by atoms with van der Waals surface area (Å²) >= 11 is 0. The van der Waals surface area contributed by atoms with Crippen LogP contribution in [0.1, 0.15) is 188 Å². The molecule has 0 amide bonds. The summed E-state index contributed by atoms with van der Waals surface area (Å²) in [6, 6.07) is 30.0. The van der Waals surface area contributed by atoms with Gasteiger partial charge in [-0.2, -0.15) is 0 Å². The molecule has 0 radical (unpaired) electrons. The van der Waals surface area contributed by atoms with E-state index in [1.165, 1.54) is 130 Å². The lowest BCUT2D eigenvalue weighted by Gasteiger charge is -2.24. The van der Waals surface area contributed by atoms with Gasteiger partial charge >= 0.3 is 0 Å². The summed E-state index contributed by atoms with van der Waals surface area (Å²) in [5.74, 6) is 5.51. The van der Waals surface area contributed by atoms with E-state index in [9.17, 15) is 17.6 Å². The van der Waals surface area contributed by atoms with E-state index in [2.05, 4.69) is 125 Å². The highest BCUT2D eigenvalue weighted by Gasteiger charge is 2.16. The Labute approximate surface area is 463 Å². The molecular formula is C70H106F4O2. The quantitative estimate of drug-likeness (QED) is 0.144. The molecule has 5 aromatic carbocycles. The molecule has 3 saturated carbocycles. The van der Waals surface area contributed by atoms with Crippen LogP contribution in [0.3, 0.4) is 0 Å². The maximum atomic E-state index is 12.6. The first-order valence-corrected chi connectivity index (χ1v) is 28.9. The number of ether oxygens (including phenoxy) is 2. The van der Waals surface area contributed by atoms with Gasteiger partial charge in [-0.3, -0.25) is 0 Å². The smallest absolute Gasteiger partial charge is 0.154 e. The lowest BCUT2D eigenvalue weighted by molar-refractivity contribution is -0.187. The number of rotatable bonds is 0. The molecule has 9 rings (SSSR count). The summed E-state index contributed by atoms with van der Waals surface area (Å²) < 4.78 is 60.7. The van der Waals surface area contributed by atoms with E-state index in [-0.39, 0.29) is 23.5 Å². The molecule has 5 aromatic rings. The van der Waals surface area contributed by atoms with Crippen molar-refractivity contribution < 1.29 is 27.0 Å². The highest BCUT2D eigenvalue weighted by molar-refractivity contribution is 5.25. The van der Waals surface area contributed by atoms with E-state index in [4.69, 9.17) is 9.47 Å². The summed E-state index contributed by atoms with van der Waals surface area (Å²) in [5.41, 5.74) is 9.38. The average molecular weight is 1060 g/mol. The largest absolute Gasteiger partial charge is 0.353 e. The molecule has 0 unspecified atom stereocenters. The Bertz CT molecular complexity index is 1960. The number of benzene rings is 5. The van der Waals surface area contributed by atoms with Gasteiger partial charge in [0, 0.05) is 11.5 Å². The Balaban J connectivity index is 0.000000428. The molecule has 0 atom stereocenters. The van der Waals surface area contributed by atoms with Crippen LogP contribution in [-0.4, -0.2) is 19.5 Å². The molecule has 0 bridgehead atoms. The Morgan fingerprint density at radius 1 is 0.276 bits per heavy atom. The van der Waals surface area contributed by atoms with E-state index in [1.807, 2.05) is 32.9 Å². The highest BCUT2D eigenvalue weighted by Crippen LogP contribution is 2.29. The molecular weight excluding hydrogens is 949 g/mol. The fourth-order valence-electron chi connectivity index (χ4n) is 8.42. The number of aryl methyl sites for hydroxylation is 9. The van der Waals surface area contributed by atoms with Gasteiger partial charge in [-0.25, -0.2) is 17.6 Å². The highest BCUT2D eigenvalue weighted by atomic mass is 19.1. The molecule has 426 valence electrons. The molecule has 6 heteroatoms. The van der Waals surface area contributed by atoms with Crippen LogP contribution < -0.4 is 0 Å². The Hall–Kier alpha value is -4.26. The van der Waals surface area contributed by atoms with E-state index in [1.54, 1.807) is 32.9 Å². The minimum absolute atomic E-state index is 0.0196. The van der Waals surface area contributed by atoms with Gasteiger partial charge in [-0.1, -0.05) is 221 Å². The monoisotopic (exact) mass is 1050 g/mol. The van der Waals surface area contributed by atoms with Crippen LogP contribution in [-0.2, 0) is 9.47 Å². The summed E-state index contributed by atoms with van der Waals surface area (Å²) in [6.45, 7) is 38.7. The van der Waals surface area contributed by atoms with Crippen molar-refractivity contribution in [2.75, 3.05) is 13.2 Å². The van der Waals surface area contributed by atoms with Gasteiger partial charge in [0.1, 0.15) is 23.3 Å². The third kappa shape index (κ3) is 34.5. The first-order chi connectivity index (χ1) is 35.7. The molecule has 0 spiro atoms. The maximum absolute atomic E-state index is 12.6. The number of halogens is 4.